The summed E-state index contributed by atoms with van der Waals surface area (Å²) in [5.41, 5.74) is 6.33. The molecular weight excluding hydrogens is 442 g/mol. The second-order valence-electron chi connectivity index (χ2n) is 12.8. The molecule has 1 amide bonds. The Hall–Kier alpha value is -0.860. The fourth-order valence-electron chi connectivity index (χ4n) is 8.10. The largest absolute Gasteiger partial charge is 0.369 e. The molecule has 0 rings (SSSR count). The van der Waals surface area contributed by atoms with E-state index in [-0.39, 0.29) is 52.2 Å². The minimum absolute atomic E-state index is 0.0475. The predicted octanol–water partition coefficient (Wildman–Crippen LogP) is 9.32. The van der Waals surface area contributed by atoms with Crippen LogP contribution < -0.4 is 5.73 Å². The van der Waals surface area contributed by atoms with E-state index in [9.17, 15) is 9.59 Å². The summed E-state index contributed by atoms with van der Waals surface area (Å²) in [6.45, 7) is 27.4. The zero-order valence-corrected chi connectivity index (χ0v) is 26.5. The Morgan fingerprint density at radius 1 is 0.778 bits per heavy atom. The Bertz CT molecular complexity index is 629. The maximum Gasteiger partial charge on any atom is 0.221 e. The third kappa shape index (κ3) is 7.83. The molecule has 3 nitrogen and oxygen atoms in total. The van der Waals surface area contributed by atoms with E-state index in [0.29, 0.717) is 11.8 Å². The third-order valence-corrected chi connectivity index (χ3v) is 11.5. The number of carbonyl (C=O) groups excluding carboxylic acids is 2. The van der Waals surface area contributed by atoms with Crippen molar-refractivity contribution >= 4 is 12.2 Å². The van der Waals surface area contributed by atoms with Crippen LogP contribution in [0.5, 0.6) is 0 Å². The van der Waals surface area contributed by atoms with Crippen LogP contribution in [-0.2, 0) is 9.59 Å². The molecule has 0 saturated heterocycles. The Kier molecular flexibility index (Phi) is 15.8. The average Bonchev–Trinajstić information content (AvgIpc) is 2.85. The van der Waals surface area contributed by atoms with Gasteiger partial charge in [0, 0.05) is 11.8 Å². The first-order valence-electron chi connectivity index (χ1n) is 15.6. The number of rotatable bonds is 20. The summed E-state index contributed by atoms with van der Waals surface area (Å²) in [5, 5.41) is 0. The van der Waals surface area contributed by atoms with Crippen LogP contribution in [0.3, 0.4) is 0 Å². The highest BCUT2D eigenvalue weighted by Gasteiger charge is 2.48. The Balaban J connectivity index is 6.33. The highest BCUT2D eigenvalue weighted by Crippen LogP contribution is 2.52. The summed E-state index contributed by atoms with van der Waals surface area (Å²) in [7, 11) is 0. The molecule has 2 N–H and O–H groups in total. The van der Waals surface area contributed by atoms with Crippen molar-refractivity contribution in [2.75, 3.05) is 0 Å². The van der Waals surface area contributed by atoms with Gasteiger partial charge < -0.3 is 10.5 Å². The molecule has 0 saturated carbocycles. The normalized spacial score (nSPS) is 21.5. The van der Waals surface area contributed by atoms with E-state index in [1.54, 1.807) is 0 Å². The topological polar surface area (TPSA) is 60.2 Å². The molecule has 9 unspecified atom stereocenters. The van der Waals surface area contributed by atoms with E-state index >= 15 is 0 Å². The maximum absolute atomic E-state index is 13.1. The monoisotopic (exact) mass is 508 g/mol. The van der Waals surface area contributed by atoms with Crippen LogP contribution in [0.4, 0.5) is 0 Å². The first-order chi connectivity index (χ1) is 16.8. The van der Waals surface area contributed by atoms with Crippen molar-refractivity contribution < 1.29 is 9.59 Å². The molecule has 0 bridgehead atoms. The van der Waals surface area contributed by atoms with Gasteiger partial charge in [-0.15, -0.1) is 0 Å². The number of carbonyl (C=O) groups is 2. The number of primary amides is 1. The van der Waals surface area contributed by atoms with Crippen LogP contribution in [0.1, 0.15) is 141 Å². The second kappa shape index (κ2) is 16.2. The molecule has 0 aliphatic rings. The lowest BCUT2D eigenvalue weighted by Gasteiger charge is -2.49. The van der Waals surface area contributed by atoms with Gasteiger partial charge in [-0.2, -0.15) is 0 Å². The van der Waals surface area contributed by atoms with E-state index < -0.39 is 0 Å². The van der Waals surface area contributed by atoms with Gasteiger partial charge in [0.1, 0.15) is 6.29 Å². The molecule has 0 fully saturated rings. The predicted molar refractivity (Wildman–Crippen MR) is 158 cm³/mol. The lowest BCUT2D eigenvalue weighted by atomic mass is 9.55. The number of amides is 1. The number of hydrogen-bond acceptors (Lipinski definition) is 2. The fraction of sp³-hybridized carbons (Fsp3) is 0.939. The molecule has 0 aromatic heterocycles. The molecule has 0 spiro atoms. The average molecular weight is 508 g/mol. The van der Waals surface area contributed by atoms with Crippen LogP contribution in [0.15, 0.2) is 0 Å². The van der Waals surface area contributed by atoms with Crippen LogP contribution in [0.25, 0.3) is 0 Å². The Morgan fingerprint density at radius 2 is 1.31 bits per heavy atom. The summed E-state index contributed by atoms with van der Waals surface area (Å²) < 4.78 is 0. The van der Waals surface area contributed by atoms with Gasteiger partial charge in [-0.1, -0.05) is 134 Å². The van der Waals surface area contributed by atoms with Crippen molar-refractivity contribution in [3.63, 3.8) is 0 Å². The Morgan fingerprint density at radius 3 is 1.67 bits per heavy atom. The summed E-state index contributed by atoms with van der Waals surface area (Å²) in [6.07, 6.45) is 11.5. The number of aldehydes is 1. The van der Waals surface area contributed by atoms with Gasteiger partial charge in [-0.05, 0) is 52.8 Å². The van der Waals surface area contributed by atoms with Crippen molar-refractivity contribution in [2.24, 2.45) is 63.9 Å². The molecule has 0 aliphatic carbocycles. The van der Waals surface area contributed by atoms with Crippen LogP contribution >= 0.6 is 0 Å². The molecule has 9 atom stereocenters. The summed E-state index contributed by atoms with van der Waals surface area (Å²) in [4.78, 5) is 25.8. The first kappa shape index (κ1) is 35.1. The standard InChI is InChI=1S/C33H65NO2/c1-13-19-21-33(12,27(15-3)16-4)25(9)29(22-35)23(7)24(8)30(31(34)36)26(10)32(11,18-6)28(17-5)20-14-2/h22-30H,13-21H2,1-12H3,(H2,34,36). The second-order valence-corrected chi connectivity index (χ2v) is 12.8. The van der Waals surface area contributed by atoms with Gasteiger partial charge in [0.05, 0.1) is 0 Å². The van der Waals surface area contributed by atoms with E-state index in [1.807, 2.05) is 0 Å². The fourth-order valence-corrected chi connectivity index (χ4v) is 8.10. The van der Waals surface area contributed by atoms with Gasteiger partial charge >= 0.3 is 0 Å². The number of nitrogens with two attached hydrogens (primary N) is 1. The molecule has 0 aromatic carbocycles. The van der Waals surface area contributed by atoms with Crippen molar-refractivity contribution in [3.8, 4) is 0 Å². The summed E-state index contributed by atoms with van der Waals surface area (Å²) in [6, 6.07) is 0. The van der Waals surface area contributed by atoms with E-state index in [1.165, 1.54) is 25.5 Å². The highest BCUT2D eigenvalue weighted by molar-refractivity contribution is 5.77. The van der Waals surface area contributed by atoms with Crippen molar-refractivity contribution in [1.29, 1.82) is 0 Å². The van der Waals surface area contributed by atoms with E-state index in [0.717, 1.165) is 38.5 Å². The quantitative estimate of drug-likeness (QED) is 0.167. The van der Waals surface area contributed by atoms with E-state index in [2.05, 4.69) is 83.1 Å². The molecule has 0 heterocycles. The summed E-state index contributed by atoms with van der Waals surface area (Å²) >= 11 is 0. The molecule has 36 heavy (non-hydrogen) atoms. The van der Waals surface area contributed by atoms with Gasteiger partial charge in [-0.25, -0.2) is 0 Å². The summed E-state index contributed by atoms with van der Waals surface area (Å²) in [5.74, 6) is 1.23. The van der Waals surface area contributed by atoms with Gasteiger partial charge in [0.25, 0.3) is 0 Å². The molecule has 0 aliphatic heterocycles. The molecule has 0 radical (unpaired) electrons. The van der Waals surface area contributed by atoms with E-state index in [4.69, 9.17) is 5.73 Å². The van der Waals surface area contributed by atoms with Gasteiger partial charge in [0.2, 0.25) is 5.91 Å². The minimum Gasteiger partial charge on any atom is -0.369 e. The Labute approximate surface area is 226 Å². The van der Waals surface area contributed by atoms with Crippen molar-refractivity contribution in [1.82, 2.24) is 0 Å². The first-order valence-corrected chi connectivity index (χ1v) is 15.6. The maximum atomic E-state index is 13.1. The highest BCUT2D eigenvalue weighted by atomic mass is 16.1. The zero-order valence-electron chi connectivity index (χ0n) is 26.5. The van der Waals surface area contributed by atoms with Crippen LogP contribution in [0, 0.1) is 58.2 Å². The van der Waals surface area contributed by atoms with Crippen molar-refractivity contribution in [3.05, 3.63) is 0 Å². The lowest BCUT2D eigenvalue weighted by molar-refractivity contribution is -0.132. The van der Waals surface area contributed by atoms with Crippen molar-refractivity contribution in [2.45, 2.75) is 141 Å². The SMILES string of the molecule is CCCCC(C)(C(CC)CC)C(C)C(C=O)C(C)C(C)C(C(N)=O)C(C)C(C)(CC)C(CC)CCC. The lowest BCUT2D eigenvalue weighted by Crippen LogP contribution is -2.48. The molecule has 3 heteroatoms. The molecular formula is C33H65NO2. The third-order valence-electron chi connectivity index (χ3n) is 11.5. The molecule has 214 valence electrons. The zero-order chi connectivity index (χ0) is 28.3. The number of hydrogen-bond donors (Lipinski definition) is 1. The van der Waals surface area contributed by atoms with Crippen LogP contribution in [0.2, 0.25) is 0 Å². The smallest absolute Gasteiger partial charge is 0.221 e. The van der Waals surface area contributed by atoms with Gasteiger partial charge in [0.15, 0.2) is 0 Å². The number of unbranched alkanes of at least 4 members (excludes halogenated alkanes) is 1. The minimum atomic E-state index is -0.236. The van der Waals surface area contributed by atoms with Crippen LogP contribution in [-0.4, -0.2) is 12.2 Å². The molecule has 0 aromatic rings. The van der Waals surface area contributed by atoms with Gasteiger partial charge in [-0.3, -0.25) is 4.79 Å².